The van der Waals surface area contributed by atoms with Gasteiger partial charge in [-0.05, 0) is 69.0 Å². The highest BCUT2D eigenvalue weighted by molar-refractivity contribution is 9.10. The minimum absolute atomic E-state index is 0.0487. The number of hydrogen-bond donors (Lipinski definition) is 0. The first-order chi connectivity index (χ1) is 12.4. The molecule has 0 amide bonds. The van der Waals surface area contributed by atoms with Crippen molar-refractivity contribution >= 4 is 31.9 Å². The van der Waals surface area contributed by atoms with Gasteiger partial charge in [-0.1, -0.05) is 39.8 Å². The Morgan fingerprint density at radius 2 is 1.07 bits per heavy atom. The summed E-state index contributed by atoms with van der Waals surface area (Å²) in [6, 6.07) is 8.73. The van der Waals surface area contributed by atoms with Crippen molar-refractivity contribution in [3.63, 3.8) is 0 Å². The number of hydrogen-bond acceptors (Lipinski definition) is 2. The van der Waals surface area contributed by atoms with Gasteiger partial charge in [0.2, 0.25) is 0 Å². The summed E-state index contributed by atoms with van der Waals surface area (Å²) in [7, 11) is 0. The highest BCUT2D eigenvalue weighted by atomic mass is 79.9. The number of benzene rings is 2. The third-order valence-corrected chi connectivity index (χ3v) is 7.01. The van der Waals surface area contributed by atoms with E-state index in [2.05, 4.69) is 97.7 Å². The molecule has 2 heterocycles. The molecule has 0 aliphatic carbocycles. The molecule has 2 aromatic rings. The van der Waals surface area contributed by atoms with Crippen LogP contribution in [0.15, 0.2) is 33.2 Å². The lowest BCUT2D eigenvalue weighted by molar-refractivity contribution is -0.167. The Kier molecular flexibility index (Phi) is 4.29. The molecular formula is C23H26Br2O2. The minimum Gasteiger partial charge on any atom is -0.451 e. The molecule has 27 heavy (non-hydrogen) atoms. The number of halogens is 2. The smallest absolute Gasteiger partial charge is 0.253 e. The Balaban J connectivity index is 1.88. The van der Waals surface area contributed by atoms with E-state index in [-0.39, 0.29) is 10.8 Å². The first-order valence-corrected chi connectivity index (χ1v) is 11.0. The highest BCUT2D eigenvalue weighted by Gasteiger charge is 2.54. The van der Waals surface area contributed by atoms with Crippen molar-refractivity contribution < 1.29 is 9.47 Å². The Morgan fingerprint density at radius 3 is 1.44 bits per heavy atom. The fourth-order valence-corrected chi connectivity index (χ4v) is 6.12. The zero-order chi connectivity index (χ0) is 19.8. The summed E-state index contributed by atoms with van der Waals surface area (Å²) in [6.45, 7) is 13.4. The Labute approximate surface area is 178 Å². The molecule has 0 N–H and O–H groups in total. The third kappa shape index (κ3) is 3.13. The zero-order valence-electron chi connectivity index (χ0n) is 16.8. The van der Waals surface area contributed by atoms with E-state index in [9.17, 15) is 0 Å². The maximum absolute atomic E-state index is 6.67. The van der Waals surface area contributed by atoms with E-state index in [0.29, 0.717) is 0 Å². The van der Waals surface area contributed by atoms with E-state index in [1.54, 1.807) is 0 Å². The van der Waals surface area contributed by atoms with E-state index in [0.717, 1.165) is 33.3 Å². The molecule has 0 bridgehead atoms. The molecular weight excluding hydrogens is 468 g/mol. The van der Waals surface area contributed by atoms with Crippen molar-refractivity contribution in [3.05, 3.63) is 55.5 Å². The lowest BCUT2D eigenvalue weighted by atomic mass is 9.69. The second kappa shape index (κ2) is 6.00. The average Bonchev–Trinajstić information content (AvgIpc) is 2.49. The summed E-state index contributed by atoms with van der Waals surface area (Å²) < 4.78 is 15.3. The van der Waals surface area contributed by atoms with Crippen LogP contribution in [0, 0.1) is 13.8 Å². The number of fused-ring (bicyclic) bond motifs is 2. The van der Waals surface area contributed by atoms with E-state index >= 15 is 0 Å². The molecule has 4 rings (SSSR count). The van der Waals surface area contributed by atoms with Crippen LogP contribution >= 0.6 is 31.9 Å². The van der Waals surface area contributed by atoms with Gasteiger partial charge in [-0.3, -0.25) is 0 Å². The van der Waals surface area contributed by atoms with Crippen molar-refractivity contribution in [2.24, 2.45) is 0 Å². The summed E-state index contributed by atoms with van der Waals surface area (Å²) in [5, 5.41) is 0. The monoisotopic (exact) mass is 492 g/mol. The molecule has 1 spiro atoms. The summed E-state index contributed by atoms with van der Waals surface area (Å²) in [6.07, 6.45) is 1.62. The first kappa shape index (κ1) is 19.3. The van der Waals surface area contributed by atoms with Gasteiger partial charge in [0.05, 0.1) is 8.95 Å². The normalized spacial score (nSPS) is 21.0. The predicted octanol–water partition coefficient (Wildman–Crippen LogP) is 7.35. The van der Waals surface area contributed by atoms with Crippen LogP contribution < -0.4 is 9.47 Å². The maximum atomic E-state index is 6.67. The van der Waals surface area contributed by atoms with Crippen molar-refractivity contribution in [3.8, 4) is 11.5 Å². The molecule has 4 heteroatoms. The van der Waals surface area contributed by atoms with Crippen molar-refractivity contribution in [2.75, 3.05) is 0 Å². The molecule has 0 saturated carbocycles. The molecule has 2 aliphatic heterocycles. The lowest BCUT2D eigenvalue weighted by Crippen LogP contribution is -2.55. The van der Waals surface area contributed by atoms with Crippen molar-refractivity contribution in [2.45, 2.75) is 71.0 Å². The van der Waals surface area contributed by atoms with Gasteiger partial charge in [-0.25, -0.2) is 0 Å². The largest absolute Gasteiger partial charge is 0.451 e. The maximum Gasteiger partial charge on any atom is 0.253 e. The zero-order valence-corrected chi connectivity index (χ0v) is 20.0. The summed E-state index contributed by atoms with van der Waals surface area (Å²) in [5.74, 6) is 1.15. The molecule has 0 saturated heterocycles. The van der Waals surface area contributed by atoms with Crippen LogP contribution in [0.5, 0.6) is 11.5 Å². The van der Waals surface area contributed by atoms with Crippen molar-refractivity contribution in [1.29, 1.82) is 0 Å². The Hall–Kier alpha value is -1.00. The lowest BCUT2D eigenvalue weighted by Gasteiger charge is -2.51. The first-order valence-electron chi connectivity index (χ1n) is 9.42. The molecule has 0 fully saturated rings. The fraction of sp³-hybridized carbons (Fsp3) is 0.478. The fourth-order valence-electron chi connectivity index (χ4n) is 4.81. The molecule has 0 unspecified atom stereocenters. The van der Waals surface area contributed by atoms with Gasteiger partial charge in [0.1, 0.15) is 11.5 Å². The van der Waals surface area contributed by atoms with Gasteiger partial charge in [0.15, 0.2) is 0 Å². The van der Waals surface area contributed by atoms with E-state index in [1.807, 2.05) is 0 Å². The summed E-state index contributed by atoms with van der Waals surface area (Å²) >= 11 is 7.46. The van der Waals surface area contributed by atoms with E-state index in [4.69, 9.17) is 9.47 Å². The molecule has 0 radical (unpaired) electrons. The van der Waals surface area contributed by atoms with E-state index in [1.165, 1.54) is 22.3 Å². The number of rotatable bonds is 0. The SMILES string of the molecule is Cc1cc(Br)c2c(c1)C(C)(C)CC1(CC(C)(C)c3cc(C)cc(Br)c3O1)O2. The van der Waals surface area contributed by atoms with Crippen LogP contribution in [0.1, 0.15) is 62.8 Å². The quantitative estimate of drug-likeness (QED) is 0.382. The molecule has 0 aromatic heterocycles. The van der Waals surface area contributed by atoms with Gasteiger partial charge in [-0.15, -0.1) is 0 Å². The minimum atomic E-state index is -0.678. The number of ether oxygens (including phenoxy) is 2. The summed E-state index contributed by atoms with van der Waals surface area (Å²) in [5.41, 5.74) is 4.87. The Bertz CT molecular complexity index is 866. The van der Waals surface area contributed by atoms with Gasteiger partial charge >= 0.3 is 0 Å². The predicted molar refractivity (Wildman–Crippen MR) is 117 cm³/mol. The van der Waals surface area contributed by atoms with Crippen LogP contribution in [0.25, 0.3) is 0 Å². The van der Waals surface area contributed by atoms with Crippen LogP contribution in [-0.2, 0) is 10.8 Å². The second-order valence-corrected chi connectivity index (χ2v) is 11.2. The van der Waals surface area contributed by atoms with Crippen LogP contribution in [0.2, 0.25) is 0 Å². The van der Waals surface area contributed by atoms with Crippen LogP contribution in [-0.4, -0.2) is 5.79 Å². The third-order valence-electron chi connectivity index (χ3n) is 5.83. The van der Waals surface area contributed by atoms with Gasteiger partial charge in [0, 0.05) is 34.8 Å². The standard InChI is InChI=1S/C23H26Br2O2/c1-13-7-15-19(17(24)9-13)26-23(11-21(15,3)4)12-22(5,6)16-8-14(2)10-18(25)20(16)27-23/h7-10H,11-12H2,1-6H3. The molecule has 2 aliphatic rings. The second-order valence-electron chi connectivity index (χ2n) is 9.48. The van der Waals surface area contributed by atoms with Crippen molar-refractivity contribution in [1.82, 2.24) is 0 Å². The topological polar surface area (TPSA) is 18.5 Å². The summed E-state index contributed by atoms with van der Waals surface area (Å²) in [4.78, 5) is 0. The van der Waals surface area contributed by atoms with Crippen LogP contribution in [0.3, 0.4) is 0 Å². The van der Waals surface area contributed by atoms with Gasteiger partial charge in [-0.2, -0.15) is 0 Å². The van der Waals surface area contributed by atoms with Gasteiger partial charge < -0.3 is 9.47 Å². The average molecular weight is 494 g/mol. The Morgan fingerprint density at radius 1 is 0.704 bits per heavy atom. The highest BCUT2D eigenvalue weighted by Crippen LogP contribution is 2.56. The molecule has 2 nitrogen and oxygen atoms in total. The molecule has 2 aromatic carbocycles. The van der Waals surface area contributed by atoms with Gasteiger partial charge in [0.25, 0.3) is 5.79 Å². The number of aryl methyl sites for hydroxylation is 2. The molecule has 0 atom stereocenters. The van der Waals surface area contributed by atoms with E-state index < -0.39 is 5.79 Å². The molecule has 144 valence electrons. The van der Waals surface area contributed by atoms with Crippen LogP contribution in [0.4, 0.5) is 0 Å².